The summed E-state index contributed by atoms with van der Waals surface area (Å²) in [6.45, 7) is 5.94. The minimum Gasteiger partial charge on any atom is -0.368 e. The number of anilines is 2. The lowest BCUT2D eigenvalue weighted by molar-refractivity contribution is 0.102. The van der Waals surface area contributed by atoms with Crippen LogP contribution < -0.4 is 31.1 Å². The van der Waals surface area contributed by atoms with Crippen LogP contribution in [0.1, 0.15) is 48.2 Å². The van der Waals surface area contributed by atoms with Crippen LogP contribution in [0.25, 0.3) is 29.0 Å². The summed E-state index contributed by atoms with van der Waals surface area (Å²) in [5.74, 6) is -0.183. The molecule has 8 rings (SSSR count). The maximum Gasteiger partial charge on any atom is 0.259 e. The quantitative estimate of drug-likeness (QED) is 0.326. The number of benzene rings is 3. The van der Waals surface area contributed by atoms with Crippen LogP contribution in [-0.2, 0) is 0 Å². The molecular formula is C37H35BrClN5O. The van der Waals surface area contributed by atoms with Crippen LogP contribution in [0.3, 0.4) is 0 Å². The van der Waals surface area contributed by atoms with Gasteiger partial charge in [-0.3, -0.25) is 9.69 Å². The van der Waals surface area contributed by atoms with Crippen molar-refractivity contribution < 1.29 is 4.79 Å². The third-order valence-corrected chi connectivity index (χ3v) is 10.9. The van der Waals surface area contributed by atoms with Crippen LogP contribution in [0.5, 0.6) is 0 Å². The van der Waals surface area contributed by atoms with Crippen LogP contribution in [0.15, 0.2) is 65.3 Å². The van der Waals surface area contributed by atoms with Crippen molar-refractivity contribution in [2.45, 2.75) is 45.1 Å². The maximum atomic E-state index is 13.2. The van der Waals surface area contributed by atoms with E-state index < -0.39 is 0 Å². The van der Waals surface area contributed by atoms with Gasteiger partial charge in [0.05, 0.1) is 28.8 Å². The molecule has 0 bridgehead atoms. The highest BCUT2D eigenvalue weighted by Crippen LogP contribution is 2.33. The molecule has 3 aromatic carbocycles. The number of nitrogens with zero attached hydrogens (tertiary/aromatic N) is 4. The zero-order chi connectivity index (χ0) is 30.7. The van der Waals surface area contributed by atoms with Crippen molar-refractivity contribution in [3.8, 4) is 5.69 Å². The Morgan fingerprint density at radius 1 is 0.933 bits per heavy atom. The van der Waals surface area contributed by atoms with Crippen LogP contribution in [0.2, 0.25) is 5.02 Å². The van der Waals surface area contributed by atoms with E-state index in [2.05, 4.69) is 66.5 Å². The summed E-state index contributed by atoms with van der Waals surface area (Å²) < 4.78 is 2.74. The number of carbonyl (C=O) groups excluding carboxylic acids is 1. The molecule has 228 valence electrons. The van der Waals surface area contributed by atoms with Crippen molar-refractivity contribution in [1.82, 2.24) is 14.7 Å². The van der Waals surface area contributed by atoms with Crippen LogP contribution in [0, 0.1) is 6.92 Å². The molecular weight excluding hydrogens is 646 g/mol. The minimum absolute atomic E-state index is 0.183. The van der Waals surface area contributed by atoms with Gasteiger partial charge in [0.1, 0.15) is 0 Å². The van der Waals surface area contributed by atoms with Crippen LogP contribution in [0.4, 0.5) is 11.4 Å². The van der Waals surface area contributed by atoms with Crippen molar-refractivity contribution in [1.29, 1.82) is 0 Å². The van der Waals surface area contributed by atoms with Crippen LogP contribution in [-0.4, -0.2) is 52.8 Å². The van der Waals surface area contributed by atoms with Gasteiger partial charge in [0.2, 0.25) is 0 Å². The molecule has 45 heavy (non-hydrogen) atoms. The molecule has 1 aliphatic heterocycles. The lowest BCUT2D eigenvalue weighted by Gasteiger charge is -2.43. The molecule has 6 nitrogen and oxygen atoms in total. The van der Waals surface area contributed by atoms with Gasteiger partial charge in [-0.05, 0) is 124 Å². The first-order chi connectivity index (χ1) is 21.9. The molecule has 0 saturated carbocycles. The number of nitrogens with one attached hydrogen (secondary N) is 1. The third-order valence-electron chi connectivity index (χ3n) is 10.0. The summed E-state index contributed by atoms with van der Waals surface area (Å²) in [4.78, 5) is 18.4. The molecule has 3 aliphatic carbocycles. The Hall–Kier alpha value is -3.65. The molecule has 0 spiro atoms. The van der Waals surface area contributed by atoms with Crippen molar-refractivity contribution in [2.75, 3.05) is 36.4 Å². The first-order valence-electron chi connectivity index (χ1n) is 15.9. The molecule has 1 fully saturated rings. The average molecular weight is 681 g/mol. The maximum absolute atomic E-state index is 13.2. The highest BCUT2D eigenvalue weighted by atomic mass is 79.9. The predicted octanol–water partition coefficient (Wildman–Crippen LogP) is 4.89. The normalized spacial score (nSPS) is 19.1. The van der Waals surface area contributed by atoms with E-state index in [4.69, 9.17) is 11.6 Å². The van der Waals surface area contributed by atoms with E-state index in [1.165, 1.54) is 29.7 Å². The molecule has 1 atom stereocenters. The van der Waals surface area contributed by atoms with E-state index in [1.54, 1.807) is 32.5 Å². The Morgan fingerprint density at radius 3 is 2.42 bits per heavy atom. The standard InChI is InChI=1S/C37H35BrClN5O/c1-23-31(22-40-44(23)29-13-10-27(39)11-14-29)37(45)41-28-12-15-33(32(38)21-28)42-16-18-43(19-17-42)34-20-26-6-2-4-24-8-9-25-5-3-7-30(34)36(25)35(24)26/h4-5,8-15,21-22,34H,2-3,6-7,16-20H2,1H3,(H,41,45). The number of piperazine rings is 1. The van der Waals surface area contributed by atoms with Gasteiger partial charge in [0.25, 0.3) is 5.91 Å². The second-order valence-electron chi connectivity index (χ2n) is 12.5. The number of rotatable bonds is 5. The summed E-state index contributed by atoms with van der Waals surface area (Å²) in [6.07, 6.45) is 12.4. The molecule has 1 aromatic heterocycles. The van der Waals surface area contributed by atoms with Gasteiger partial charge >= 0.3 is 0 Å². The van der Waals surface area contributed by atoms with Gasteiger partial charge in [-0.25, -0.2) is 4.68 Å². The topological polar surface area (TPSA) is 53.4 Å². The van der Waals surface area contributed by atoms with Gasteiger partial charge in [0.15, 0.2) is 0 Å². The molecule has 1 N–H and O–H groups in total. The van der Waals surface area contributed by atoms with Crippen molar-refractivity contribution in [2.24, 2.45) is 0 Å². The van der Waals surface area contributed by atoms with E-state index in [0.717, 1.165) is 66.2 Å². The average Bonchev–Trinajstić information content (AvgIpc) is 3.45. The molecule has 4 aliphatic rings. The Balaban J connectivity index is 0.960. The lowest BCUT2D eigenvalue weighted by Crippen LogP contribution is -2.59. The number of aromatic nitrogens is 2. The second kappa shape index (κ2) is 11.6. The Bertz CT molecular complexity index is 2090. The molecule has 1 amide bonds. The van der Waals surface area contributed by atoms with Crippen molar-refractivity contribution in [3.05, 3.63) is 102 Å². The smallest absolute Gasteiger partial charge is 0.259 e. The summed E-state index contributed by atoms with van der Waals surface area (Å²) >= 11 is 9.85. The van der Waals surface area contributed by atoms with Gasteiger partial charge in [-0.2, -0.15) is 5.10 Å². The number of amides is 1. The first kappa shape index (κ1) is 28.8. The summed E-state index contributed by atoms with van der Waals surface area (Å²) in [7, 11) is 0. The fraction of sp³-hybridized carbons (Fsp3) is 0.297. The number of hydrogen-bond acceptors (Lipinski definition) is 4. The third kappa shape index (κ3) is 5.15. The predicted molar refractivity (Wildman–Crippen MR) is 187 cm³/mol. The van der Waals surface area contributed by atoms with Crippen molar-refractivity contribution in [3.63, 3.8) is 0 Å². The number of carbonyl (C=O) groups is 1. The fourth-order valence-electron chi connectivity index (χ4n) is 7.77. The number of halogens is 2. The van der Waals surface area contributed by atoms with E-state index in [-0.39, 0.29) is 5.91 Å². The number of hydrogen-bond donors (Lipinski definition) is 1. The molecule has 1 unspecified atom stereocenters. The van der Waals surface area contributed by atoms with Crippen LogP contribution >= 0.6 is 27.5 Å². The largest absolute Gasteiger partial charge is 0.368 e. The summed E-state index contributed by atoms with van der Waals surface area (Å²) in [6, 6.07) is 18.7. The lowest BCUT2D eigenvalue weighted by atomic mass is 9.80. The van der Waals surface area contributed by atoms with Gasteiger partial charge in [-0.15, -0.1) is 0 Å². The molecule has 0 radical (unpaired) electrons. The Labute approximate surface area is 276 Å². The molecule has 2 heterocycles. The monoisotopic (exact) mass is 679 g/mol. The Morgan fingerprint density at radius 2 is 1.67 bits per heavy atom. The Kier molecular flexibility index (Phi) is 7.43. The fourth-order valence-corrected chi connectivity index (χ4v) is 8.53. The van der Waals surface area contributed by atoms with Gasteiger partial charge < -0.3 is 10.2 Å². The summed E-state index contributed by atoms with van der Waals surface area (Å²) in [5, 5.41) is 14.2. The molecule has 1 saturated heterocycles. The zero-order valence-corrected chi connectivity index (χ0v) is 27.7. The van der Waals surface area contributed by atoms with Gasteiger partial charge in [0, 0.05) is 47.4 Å². The van der Waals surface area contributed by atoms with E-state index >= 15 is 0 Å². The zero-order valence-electron chi connectivity index (χ0n) is 25.3. The SMILES string of the molecule is Cc1c(C(=O)Nc2ccc(N3CCN(C4CC5=c6c(ccc7c6=C4CCC=7)=CCC5)CC3)c(Br)c2)cnn1-c1ccc(Cl)cc1. The molecule has 4 aromatic rings. The van der Waals surface area contributed by atoms with E-state index in [9.17, 15) is 4.79 Å². The first-order valence-corrected chi connectivity index (χ1v) is 17.1. The summed E-state index contributed by atoms with van der Waals surface area (Å²) in [5.41, 5.74) is 7.42. The van der Waals surface area contributed by atoms with Crippen molar-refractivity contribution >= 4 is 68.1 Å². The molecule has 8 heteroatoms. The highest BCUT2D eigenvalue weighted by Gasteiger charge is 2.32. The van der Waals surface area contributed by atoms with Gasteiger partial charge in [-0.1, -0.05) is 41.5 Å². The highest BCUT2D eigenvalue weighted by molar-refractivity contribution is 9.10. The minimum atomic E-state index is -0.183. The van der Waals surface area contributed by atoms with E-state index in [0.29, 0.717) is 16.6 Å². The second-order valence-corrected chi connectivity index (χ2v) is 13.8. The van der Waals surface area contributed by atoms with E-state index in [1.807, 2.05) is 43.3 Å².